The molecule has 1 aromatic rings. The van der Waals surface area contributed by atoms with E-state index in [0.717, 1.165) is 5.56 Å². The van der Waals surface area contributed by atoms with Crippen LogP contribution in [-0.4, -0.2) is 26.0 Å². The van der Waals surface area contributed by atoms with E-state index >= 15 is 0 Å². The van der Waals surface area contributed by atoms with E-state index in [0.29, 0.717) is 6.54 Å². The Bertz CT molecular complexity index is 512. The third kappa shape index (κ3) is 2.72. The van der Waals surface area contributed by atoms with E-state index < -0.39 is 15.1 Å². The molecule has 0 bridgehead atoms. The second-order valence-electron chi connectivity index (χ2n) is 5.08. The lowest BCUT2D eigenvalue weighted by molar-refractivity contribution is 0.486. The molecule has 0 spiro atoms. The Labute approximate surface area is 107 Å². The van der Waals surface area contributed by atoms with Crippen LogP contribution in [0.2, 0.25) is 0 Å². The minimum absolute atomic E-state index is 0.0999. The topological polar surface area (TPSA) is 46.2 Å². The van der Waals surface area contributed by atoms with Crippen LogP contribution in [0.4, 0.5) is 4.39 Å². The van der Waals surface area contributed by atoms with Gasteiger partial charge in [-0.05, 0) is 37.1 Å². The summed E-state index contributed by atoms with van der Waals surface area (Å²) in [5.74, 6) is -0.00192. The summed E-state index contributed by atoms with van der Waals surface area (Å²) in [6.07, 6.45) is 0. The highest BCUT2D eigenvalue weighted by atomic mass is 32.2. The molecule has 5 heteroatoms. The Morgan fingerprint density at radius 1 is 1.22 bits per heavy atom. The maximum absolute atomic E-state index is 12.9. The van der Waals surface area contributed by atoms with Crippen molar-refractivity contribution in [1.29, 1.82) is 0 Å². The van der Waals surface area contributed by atoms with Gasteiger partial charge >= 0.3 is 0 Å². The van der Waals surface area contributed by atoms with Gasteiger partial charge < -0.3 is 5.32 Å². The smallest absolute Gasteiger partial charge is 0.155 e. The average molecular weight is 271 g/mol. The molecule has 1 heterocycles. The summed E-state index contributed by atoms with van der Waals surface area (Å²) in [5.41, 5.74) is 0.821. The third-order valence-corrected chi connectivity index (χ3v) is 5.91. The van der Waals surface area contributed by atoms with E-state index in [1.54, 1.807) is 19.1 Å². The third-order valence-electron chi connectivity index (χ3n) is 3.47. The average Bonchev–Trinajstić information content (AvgIpc) is 2.39. The van der Waals surface area contributed by atoms with E-state index in [9.17, 15) is 12.8 Å². The monoisotopic (exact) mass is 271 g/mol. The van der Waals surface area contributed by atoms with Crippen molar-refractivity contribution in [3.63, 3.8) is 0 Å². The maximum Gasteiger partial charge on any atom is 0.155 e. The Balaban J connectivity index is 2.34. The van der Waals surface area contributed by atoms with Gasteiger partial charge in [0.15, 0.2) is 9.84 Å². The molecule has 3 nitrogen and oxygen atoms in total. The predicted molar refractivity (Wildman–Crippen MR) is 69.6 cm³/mol. The first-order valence-electron chi connectivity index (χ1n) is 6.10. The number of hydrogen-bond acceptors (Lipinski definition) is 3. The molecule has 0 radical (unpaired) electrons. The van der Waals surface area contributed by atoms with E-state index in [4.69, 9.17) is 0 Å². The first kappa shape index (κ1) is 13.5. The van der Waals surface area contributed by atoms with Crippen molar-refractivity contribution in [2.75, 3.05) is 12.3 Å². The van der Waals surface area contributed by atoms with Crippen molar-refractivity contribution in [2.45, 2.75) is 25.1 Å². The van der Waals surface area contributed by atoms with Gasteiger partial charge in [0.05, 0.1) is 11.0 Å². The lowest BCUT2D eigenvalue weighted by Crippen LogP contribution is -2.33. The van der Waals surface area contributed by atoms with Crippen LogP contribution < -0.4 is 5.32 Å². The van der Waals surface area contributed by atoms with Crippen LogP contribution in [0.3, 0.4) is 0 Å². The summed E-state index contributed by atoms with van der Waals surface area (Å²) in [6, 6.07) is 5.76. The van der Waals surface area contributed by atoms with Gasteiger partial charge in [0, 0.05) is 6.04 Å². The van der Waals surface area contributed by atoms with Gasteiger partial charge in [-0.15, -0.1) is 0 Å². The van der Waals surface area contributed by atoms with E-state index in [1.165, 1.54) is 12.1 Å². The van der Waals surface area contributed by atoms with Crippen molar-refractivity contribution in [1.82, 2.24) is 5.32 Å². The summed E-state index contributed by atoms with van der Waals surface area (Å²) >= 11 is 0. The van der Waals surface area contributed by atoms with E-state index in [1.807, 2.05) is 6.92 Å². The van der Waals surface area contributed by atoms with Crippen LogP contribution in [0.15, 0.2) is 24.3 Å². The van der Waals surface area contributed by atoms with Gasteiger partial charge in [-0.2, -0.15) is 0 Å². The number of nitrogens with one attached hydrogen (secondary N) is 1. The van der Waals surface area contributed by atoms with Crippen molar-refractivity contribution >= 4 is 9.84 Å². The lowest BCUT2D eigenvalue weighted by Gasteiger charge is -2.22. The largest absolute Gasteiger partial charge is 0.309 e. The summed E-state index contributed by atoms with van der Waals surface area (Å²) in [7, 11) is -3.11. The Morgan fingerprint density at radius 3 is 2.44 bits per heavy atom. The second-order valence-corrected chi connectivity index (χ2v) is 7.48. The van der Waals surface area contributed by atoms with E-state index in [-0.39, 0.29) is 23.5 Å². The standard InChI is InChI=1S/C13H18FNO2S/c1-9-7-15-13(10(2)18(16,17)8-9)11-3-5-12(14)6-4-11/h3-6,9-10,13,15H,7-8H2,1-2H3. The van der Waals surface area contributed by atoms with Gasteiger partial charge in [0.25, 0.3) is 0 Å². The van der Waals surface area contributed by atoms with Crippen molar-refractivity contribution in [3.8, 4) is 0 Å². The zero-order valence-electron chi connectivity index (χ0n) is 10.6. The molecule has 1 aromatic carbocycles. The highest BCUT2D eigenvalue weighted by molar-refractivity contribution is 7.92. The second kappa shape index (κ2) is 4.97. The number of hydrogen-bond donors (Lipinski definition) is 1. The van der Waals surface area contributed by atoms with Crippen LogP contribution in [0.1, 0.15) is 25.5 Å². The molecular formula is C13H18FNO2S. The van der Waals surface area contributed by atoms with Gasteiger partial charge in [-0.25, -0.2) is 12.8 Å². The number of sulfone groups is 1. The molecule has 1 aliphatic heterocycles. The van der Waals surface area contributed by atoms with Gasteiger partial charge in [0.1, 0.15) is 5.82 Å². The van der Waals surface area contributed by atoms with Crippen molar-refractivity contribution in [2.24, 2.45) is 5.92 Å². The highest BCUT2D eigenvalue weighted by Gasteiger charge is 2.34. The van der Waals surface area contributed by atoms with Crippen LogP contribution >= 0.6 is 0 Å². The number of rotatable bonds is 1. The molecule has 0 amide bonds. The molecule has 100 valence electrons. The maximum atomic E-state index is 12.9. The van der Waals surface area contributed by atoms with Crippen molar-refractivity contribution in [3.05, 3.63) is 35.6 Å². The first-order valence-corrected chi connectivity index (χ1v) is 7.82. The molecule has 1 fully saturated rings. The number of benzene rings is 1. The molecule has 18 heavy (non-hydrogen) atoms. The lowest BCUT2D eigenvalue weighted by atomic mass is 10.0. The molecule has 2 rings (SSSR count). The fourth-order valence-electron chi connectivity index (χ4n) is 2.37. The Kier molecular flexibility index (Phi) is 3.73. The minimum atomic E-state index is -3.11. The predicted octanol–water partition coefficient (Wildman–Crippen LogP) is 1.91. The van der Waals surface area contributed by atoms with E-state index in [2.05, 4.69) is 5.32 Å². The SMILES string of the molecule is CC1CNC(c2ccc(F)cc2)C(C)S(=O)(=O)C1. The first-order chi connectivity index (χ1) is 8.40. The summed E-state index contributed by atoms with van der Waals surface area (Å²) in [5, 5.41) is 2.78. The molecule has 1 aliphatic rings. The molecule has 1 N–H and O–H groups in total. The van der Waals surface area contributed by atoms with Crippen LogP contribution in [-0.2, 0) is 9.84 Å². The zero-order valence-corrected chi connectivity index (χ0v) is 11.4. The molecule has 0 saturated carbocycles. The minimum Gasteiger partial charge on any atom is -0.309 e. The number of halogens is 1. The zero-order chi connectivity index (χ0) is 13.3. The van der Waals surface area contributed by atoms with Crippen LogP contribution in [0.5, 0.6) is 0 Å². The Morgan fingerprint density at radius 2 is 1.83 bits per heavy atom. The molecule has 0 aromatic heterocycles. The van der Waals surface area contributed by atoms with Crippen LogP contribution in [0.25, 0.3) is 0 Å². The molecule has 3 atom stereocenters. The van der Waals surface area contributed by atoms with Crippen molar-refractivity contribution < 1.29 is 12.8 Å². The summed E-state index contributed by atoms with van der Waals surface area (Å²) < 4.78 is 37.2. The molecule has 3 unspecified atom stereocenters. The summed E-state index contributed by atoms with van der Waals surface area (Å²) in [4.78, 5) is 0. The fourth-order valence-corrected chi connectivity index (χ4v) is 4.25. The summed E-state index contributed by atoms with van der Waals surface area (Å²) in [6.45, 7) is 4.30. The highest BCUT2D eigenvalue weighted by Crippen LogP contribution is 2.26. The van der Waals surface area contributed by atoms with Crippen LogP contribution in [0, 0.1) is 11.7 Å². The molecule has 0 aliphatic carbocycles. The molecular weight excluding hydrogens is 253 g/mol. The normalized spacial score (nSPS) is 31.8. The Hall–Kier alpha value is -0.940. The quantitative estimate of drug-likeness (QED) is 0.848. The fraction of sp³-hybridized carbons (Fsp3) is 0.538. The molecule has 1 saturated heterocycles. The van der Waals surface area contributed by atoms with Gasteiger partial charge in [-0.1, -0.05) is 19.1 Å². The van der Waals surface area contributed by atoms with Gasteiger partial charge in [-0.3, -0.25) is 0 Å². The van der Waals surface area contributed by atoms with Gasteiger partial charge in [0.2, 0.25) is 0 Å².